The summed E-state index contributed by atoms with van der Waals surface area (Å²) in [7, 11) is -1.84. The minimum Gasteiger partial charge on any atom is -0.481 e. The molecule has 0 bridgehead atoms. The Bertz CT molecular complexity index is 919. The van der Waals surface area contributed by atoms with Crippen molar-refractivity contribution in [2.75, 3.05) is 29.9 Å². The summed E-state index contributed by atoms with van der Waals surface area (Å²) in [5.74, 6) is 1.99. The Hall–Kier alpha value is -1.90. The van der Waals surface area contributed by atoms with Gasteiger partial charge in [0.2, 0.25) is 10.0 Å². The first-order valence-electron chi connectivity index (χ1n) is 9.51. The third-order valence-corrected chi connectivity index (χ3v) is 6.85. The van der Waals surface area contributed by atoms with Crippen molar-refractivity contribution in [1.82, 2.24) is 5.32 Å². The van der Waals surface area contributed by atoms with Gasteiger partial charge in [-0.25, -0.2) is 8.42 Å². The molecule has 0 heterocycles. The van der Waals surface area contributed by atoms with Crippen LogP contribution in [0.2, 0.25) is 5.02 Å². The van der Waals surface area contributed by atoms with Gasteiger partial charge in [0.15, 0.2) is 6.10 Å². The second-order valence-corrected chi connectivity index (χ2v) is 10.3. The van der Waals surface area contributed by atoms with E-state index in [2.05, 4.69) is 5.32 Å². The summed E-state index contributed by atoms with van der Waals surface area (Å²) in [6.45, 7) is 2.43. The van der Waals surface area contributed by atoms with E-state index in [9.17, 15) is 13.2 Å². The van der Waals surface area contributed by atoms with Crippen molar-refractivity contribution in [2.45, 2.75) is 25.2 Å². The van der Waals surface area contributed by atoms with E-state index in [1.165, 1.54) is 16.9 Å². The van der Waals surface area contributed by atoms with Crippen LogP contribution in [0.5, 0.6) is 5.75 Å². The fourth-order valence-electron chi connectivity index (χ4n) is 2.54. The monoisotopic (exact) mass is 470 g/mol. The summed E-state index contributed by atoms with van der Waals surface area (Å²) >= 11 is 7.61. The quantitative estimate of drug-likeness (QED) is 0.503. The maximum absolute atomic E-state index is 12.4. The van der Waals surface area contributed by atoms with Gasteiger partial charge in [0.05, 0.1) is 11.9 Å². The van der Waals surface area contributed by atoms with Gasteiger partial charge in [-0.3, -0.25) is 9.10 Å². The van der Waals surface area contributed by atoms with Crippen molar-refractivity contribution in [3.63, 3.8) is 0 Å². The van der Waals surface area contributed by atoms with Crippen LogP contribution in [0.25, 0.3) is 0 Å². The van der Waals surface area contributed by atoms with Gasteiger partial charge in [-0.05, 0) is 48.4 Å². The summed E-state index contributed by atoms with van der Waals surface area (Å²) < 4.78 is 30.2. The molecule has 6 nitrogen and oxygen atoms in total. The van der Waals surface area contributed by atoms with Crippen LogP contribution in [0, 0.1) is 0 Å². The molecule has 0 aromatic heterocycles. The van der Waals surface area contributed by atoms with Crippen LogP contribution in [-0.2, 0) is 20.6 Å². The number of anilines is 1. The first-order chi connectivity index (χ1) is 14.2. The summed E-state index contributed by atoms with van der Waals surface area (Å²) in [6, 6.07) is 14.3. The van der Waals surface area contributed by atoms with E-state index in [-0.39, 0.29) is 5.91 Å². The van der Waals surface area contributed by atoms with Crippen molar-refractivity contribution in [2.24, 2.45) is 0 Å². The Labute approximate surface area is 188 Å². The molecule has 9 heteroatoms. The molecule has 2 rings (SSSR count). The van der Waals surface area contributed by atoms with Crippen LogP contribution in [0.3, 0.4) is 0 Å². The zero-order valence-electron chi connectivity index (χ0n) is 17.3. The van der Waals surface area contributed by atoms with E-state index >= 15 is 0 Å². The normalized spacial score (nSPS) is 12.3. The van der Waals surface area contributed by atoms with Gasteiger partial charge in [-0.1, -0.05) is 30.7 Å². The van der Waals surface area contributed by atoms with Gasteiger partial charge >= 0.3 is 0 Å². The second-order valence-electron chi connectivity index (χ2n) is 6.71. The fraction of sp³-hybridized carbons (Fsp3) is 0.381. The molecule has 0 saturated carbocycles. The number of nitrogens with one attached hydrogen (secondary N) is 1. The number of thioether (sulfide) groups is 1. The molecule has 30 heavy (non-hydrogen) atoms. The van der Waals surface area contributed by atoms with Gasteiger partial charge in [-0.15, -0.1) is 0 Å². The molecule has 0 aliphatic rings. The topological polar surface area (TPSA) is 75.7 Å². The Balaban J connectivity index is 1.78. The number of sulfonamides is 1. The molecule has 0 unspecified atom stereocenters. The molecular formula is C21H27ClN2O4S2. The Morgan fingerprint density at radius 3 is 2.37 bits per heavy atom. The van der Waals surface area contributed by atoms with Crippen LogP contribution in [0.1, 0.15) is 18.9 Å². The Morgan fingerprint density at radius 1 is 1.17 bits per heavy atom. The largest absolute Gasteiger partial charge is 0.481 e. The summed E-state index contributed by atoms with van der Waals surface area (Å²) in [4.78, 5) is 12.4. The molecule has 1 amide bonds. The number of hydrogen-bond donors (Lipinski definition) is 1. The first-order valence-corrected chi connectivity index (χ1v) is 12.9. The van der Waals surface area contributed by atoms with Gasteiger partial charge in [0, 0.05) is 30.1 Å². The van der Waals surface area contributed by atoms with E-state index in [4.69, 9.17) is 16.3 Å². The van der Waals surface area contributed by atoms with Crippen LogP contribution in [0.15, 0.2) is 48.5 Å². The van der Waals surface area contributed by atoms with Crippen molar-refractivity contribution >= 4 is 45.0 Å². The number of halogens is 1. The number of hydrogen-bond acceptors (Lipinski definition) is 5. The minimum absolute atomic E-state index is 0.165. The fourth-order valence-corrected chi connectivity index (χ4v) is 3.99. The van der Waals surface area contributed by atoms with E-state index in [1.807, 2.05) is 31.2 Å². The average molecular weight is 471 g/mol. The number of carbonyl (C=O) groups is 1. The lowest BCUT2D eigenvalue weighted by Gasteiger charge is -2.19. The number of amides is 1. The Kier molecular flexibility index (Phi) is 9.33. The summed E-state index contributed by atoms with van der Waals surface area (Å²) in [6.07, 6.45) is 1.06. The Morgan fingerprint density at radius 2 is 1.80 bits per heavy atom. The molecule has 0 radical (unpaired) electrons. The molecule has 1 N–H and O–H groups in total. The number of benzene rings is 2. The number of carbonyl (C=O) groups excluding carboxylic acids is 1. The van der Waals surface area contributed by atoms with E-state index < -0.39 is 16.1 Å². The standard InChI is InChI=1S/C21H27ClN2O4S2/c1-4-20(28-19-11-9-18(10-12-19)24(2)30(3,26)27)21(25)23-13-14-29-15-16-5-7-17(22)8-6-16/h5-12,20H,4,13-15H2,1-3H3,(H,23,25)/t20-/m0/s1. The van der Waals surface area contributed by atoms with E-state index in [1.54, 1.807) is 36.0 Å². The molecule has 0 aliphatic carbocycles. The second kappa shape index (κ2) is 11.5. The SMILES string of the molecule is CC[C@H](Oc1ccc(N(C)S(C)(=O)=O)cc1)C(=O)NCCSCc1ccc(Cl)cc1. The average Bonchev–Trinajstić information content (AvgIpc) is 2.72. The highest BCUT2D eigenvalue weighted by Gasteiger charge is 2.18. The molecule has 0 spiro atoms. The molecule has 164 valence electrons. The van der Waals surface area contributed by atoms with Crippen molar-refractivity contribution in [3.8, 4) is 5.75 Å². The van der Waals surface area contributed by atoms with Crippen molar-refractivity contribution in [1.29, 1.82) is 0 Å². The summed E-state index contributed by atoms with van der Waals surface area (Å²) in [5, 5.41) is 3.63. The summed E-state index contributed by atoms with van der Waals surface area (Å²) in [5.41, 5.74) is 1.72. The highest BCUT2D eigenvalue weighted by Crippen LogP contribution is 2.21. The van der Waals surface area contributed by atoms with Gasteiger partial charge < -0.3 is 10.1 Å². The highest BCUT2D eigenvalue weighted by molar-refractivity contribution is 7.98. The van der Waals surface area contributed by atoms with Gasteiger partial charge in [0.1, 0.15) is 5.75 Å². The number of nitrogens with zero attached hydrogens (tertiary/aromatic N) is 1. The predicted octanol–water partition coefficient (Wildman–Crippen LogP) is 3.94. The molecule has 0 aliphatic heterocycles. The van der Waals surface area contributed by atoms with Crippen LogP contribution < -0.4 is 14.4 Å². The lowest BCUT2D eigenvalue weighted by Crippen LogP contribution is -2.39. The van der Waals surface area contributed by atoms with Crippen LogP contribution >= 0.6 is 23.4 Å². The third kappa shape index (κ3) is 7.74. The zero-order valence-corrected chi connectivity index (χ0v) is 19.7. The highest BCUT2D eigenvalue weighted by atomic mass is 35.5. The van der Waals surface area contributed by atoms with Crippen LogP contribution in [-0.4, -0.2) is 46.0 Å². The lowest BCUT2D eigenvalue weighted by molar-refractivity contribution is -0.127. The number of rotatable bonds is 11. The number of ether oxygens (including phenoxy) is 1. The van der Waals surface area contributed by atoms with Crippen molar-refractivity contribution < 1.29 is 17.9 Å². The first kappa shape index (κ1) is 24.4. The van der Waals surface area contributed by atoms with Crippen LogP contribution in [0.4, 0.5) is 5.69 Å². The minimum atomic E-state index is -3.32. The van der Waals surface area contributed by atoms with E-state index in [0.717, 1.165) is 22.8 Å². The molecule has 2 aromatic carbocycles. The molecule has 0 saturated heterocycles. The smallest absolute Gasteiger partial charge is 0.261 e. The maximum Gasteiger partial charge on any atom is 0.261 e. The molecule has 2 aromatic rings. The third-order valence-electron chi connectivity index (χ3n) is 4.37. The van der Waals surface area contributed by atoms with Gasteiger partial charge in [0.25, 0.3) is 5.91 Å². The van der Waals surface area contributed by atoms with Gasteiger partial charge in [-0.2, -0.15) is 11.8 Å². The molecule has 1 atom stereocenters. The molecular weight excluding hydrogens is 444 g/mol. The van der Waals surface area contributed by atoms with Crippen molar-refractivity contribution in [3.05, 3.63) is 59.1 Å². The molecule has 0 fully saturated rings. The predicted molar refractivity (Wildman–Crippen MR) is 125 cm³/mol. The zero-order chi connectivity index (χ0) is 22.1. The lowest BCUT2D eigenvalue weighted by atomic mass is 10.2. The van der Waals surface area contributed by atoms with E-state index in [0.29, 0.717) is 24.4 Å². The maximum atomic E-state index is 12.4.